The highest BCUT2D eigenvalue weighted by atomic mass is 16.4. The van der Waals surface area contributed by atoms with E-state index in [0.29, 0.717) is 13.0 Å². The molecule has 7 nitrogen and oxygen atoms in total. The molecule has 2 aliphatic rings. The van der Waals surface area contributed by atoms with Crippen molar-refractivity contribution in [3.8, 4) is 0 Å². The first-order chi connectivity index (χ1) is 10.0. The Morgan fingerprint density at radius 3 is 2.62 bits per heavy atom. The van der Waals surface area contributed by atoms with Crippen LogP contribution < -0.4 is 0 Å². The van der Waals surface area contributed by atoms with Gasteiger partial charge in [0.15, 0.2) is 5.69 Å². The second kappa shape index (κ2) is 4.98. The van der Waals surface area contributed by atoms with Crippen molar-refractivity contribution >= 4 is 17.8 Å². The van der Waals surface area contributed by atoms with Crippen LogP contribution in [0.1, 0.15) is 42.6 Å². The zero-order valence-corrected chi connectivity index (χ0v) is 11.6. The van der Waals surface area contributed by atoms with Gasteiger partial charge in [-0.15, -0.1) is 0 Å². The maximum atomic E-state index is 12.5. The van der Waals surface area contributed by atoms with Crippen molar-refractivity contribution in [1.82, 2.24) is 14.5 Å². The van der Waals surface area contributed by atoms with Crippen LogP contribution in [-0.4, -0.2) is 43.9 Å². The SMILES string of the molecule is O=C(O)c1cn(CCN2C(=O)CC3(CCCC3)C2=O)cn1. The number of hydrogen-bond acceptors (Lipinski definition) is 4. The number of rotatable bonds is 4. The Hall–Kier alpha value is -2.18. The first kappa shape index (κ1) is 13.8. The topological polar surface area (TPSA) is 92.5 Å². The Balaban J connectivity index is 1.66. The van der Waals surface area contributed by atoms with Gasteiger partial charge in [-0.3, -0.25) is 14.5 Å². The summed E-state index contributed by atoms with van der Waals surface area (Å²) >= 11 is 0. The highest BCUT2D eigenvalue weighted by Crippen LogP contribution is 2.46. The van der Waals surface area contributed by atoms with Crippen molar-refractivity contribution in [2.45, 2.75) is 38.6 Å². The third-order valence-corrected chi connectivity index (χ3v) is 4.48. The molecule has 2 heterocycles. The van der Waals surface area contributed by atoms with E-state index in [1.54, 1.807) is 4.57 Å². The van der Waals surface area contributed by atoms with E-state index < -0.39 is 11.4 Å². The molecule has 7 heteroatoms. The Morgan fingerprint density at radius 1 is 1.29 bits per heavy atom. The van der Waals surface area contributed by atoms with Gasteiger partial charge < -0.3 is 9.67 Å². The fourth-order valence-corrected chi connectivity index (χ4v) is 3.34. The van der Waals surface area contributed by atoms with Crippen LogP contribution in [0.2, 0.25) is 0 Å². The molecule has 1 aromatic heterocycles. The predicted octanol–water partition coefficient (Wildman–Crippen LogP) is 0.901. The summed E-state index contributed by atoms with van der Waals surface area (Å²) < 4.78 is 1.59. The molecular formula is C14H17N3O4. The van der Waals surface area contributed by atoms with Crippen molar-refractivity contribution in [2.24, 2.45) is 5.41 Å². The third kappa shape index (κ3) is 2.32. The predicted molar refractivity (Wildman–Crippen MR) is 71.4 cm³/mol. The lowest BCUT2D eigenvalue weighted by molar-refractivity contribution is -0.141. The molecule has 0 atom stereocenters. The lowest BCUT2D eigenvalue weighted by atomic mass is 9.84. The van der Waals surface area contributed by atoms with E-state index in [1.165, 1.54) is 17.4 Å². The normalized spacial score (nSPS) is 20.7. The zero-order valence-electron chi connectivity index (χ0n) is 11.6. The van der Waals surface area contributed by atoms with Gasteiger partial charge in [0.25, 0.3) is 0 Å². The molecule has 112 valence electrons. The third-order valence-electron chi connectivity index (χ3n) is 4.48. The molecule has 0 bridgehead atoms. The summed E-state index contributed by atoms with van der Waals surface area (Å²) in [5, 5.41) is 8.81. The summed E-state index contributed by atoms with van der Waals surface area (Å²) in [6, 6.07) is 0. The van der Waals surface area contributed by atoms with Gasteiger partial charge in [0.1, 0.15) is 0 Å². The smallest absolute Gasteiger partial charge is 0.356 e. The maximum absolute atomic E-state index is 12.5. The first-order valence-electron chi connectivity index (χ1n) is 7.12. The Morgan fingerprint density at radius 2 is 2.00 bits per heavy atom. The molecule has 1 aliphatic heterocycles. The van der Waals surface area contributed by atoms with Gasteiger partial charge in [0, 0.05) is 25.7 Å². The minimum atomic E-state index is -1.09. The molecule has 0 aromatic carbocycles. The van der Waals surface area contributed by atoms with Crippen molar-refractivity contribution < 1.29 is 19.5 Å². The second-order valence-corrected chi connectivity index (χ2v) is 5.82. The van der Waals surface area contributed by atoms with E-state index in [4.69, 9.17) is 5.11 Å². The number of carboxylic acid groups (broad SMARTS) is 1. The highest BCUT2D eigenvalue weighted by Gasteiger charge is 2.52. The lowest BCUT2D eigenvalue weighted by Gasteiger charge is -2.20. The van der Waals surface area contributed by atoms with Gasteiger partial charge >= 0.3 is 5.97 Å². The van der Waals surface area contributed by atoms with Gasteiger partial charge in [0.2, 0.25) is 11.8 Å². The Labute approximate surface area is 121 Å². The minimum absolute atomic E-state index is 0.0404. The molecule has 1 aliphatic carbocycles. The summed E-state index contributed by atoms with van der Waals surface area (Å²) in [6.45, 7) is 0.642. The number of carbonyl (C=O) groups excluding carboxylic acids is 2. The minimum Gasteiger partial charge on any atom is -0.476 e. The fourth-order valence-electron chi connectivity index (χ4n) is 3.34. The van der Waals surface area contributed by atoms with E-state index in [1.807, 2.05) is 0 Å². The van der Waals surface area contributed by atoms with Crippen LogP contribution in [0.3, 0.4) is 0 Å². The number of imide groups is 1. The molecule has 21 heavy (non-hydrogen) atoms. The number of hydrogen-bond donors (Lipinski definition) is 1. The summed E-state index contributed by atoms with van der Waals surface area (Å²) in [6.07, 6.45) is 6.77. The van der Waals surface area contributed by atoms with E-state index in [9.17, 15) is 14.4 Å². The van der Waals surface area contributed by atoms with Crippen molar-refractivity contribution in [2.75, 3.05) is 6.54 Å². The van der Waals surface area contributed by atoms with Crippen LogP contribution in [0.15, 0.2) is 12.5 Å². The number of carboxylic acids is 1. The highest BCUT2D eigenvalue weighted by molar-refractivity contribution is 6.06. The van der Waals surface area contributed by atoms with Crippen LogP contribution in [-0.2, 0) is 16.1 Å². The molecular weight excluding hydrogens is 274 g/mol. The number of likely N-dealkylation sites (tertiary alicyclic amines) is 1. The number of imidazole rings is 1. The summed E-state index contributed by atoms with van der Waals surface area (Å²) in [4.78, 5) is 40.4. The van der Waals surface area contributed by atoms with E-state index >= 15 is 0 Å². The van der Waals surface area contributed by atoms with Crippen LogP contribution in [0.5, 0.6) is 0 Å². The zero-order chi connectivity index (χ0) is 15.0. The van der Waals surface area contributed by atoms with E-state index in [-0.39, 0.29) is 24.1 Å². The van der Waals surface area contributed by atoms with Gasteiger partial charge in [-0.2, -0.15) is 0 Å². The standard InChI is InChI=1S/C14H17N3O4/c18-11-7-14(3-1-2-4-14)13(21)17(11)6-5-16-8-10(12(19)20)15-9-16/h8-9H,1-7H2,(H,19,20). The number of aromatic nitrogens is 2. The van der Waals surface area contributed by atoms with Gasteiger partial charge in [0.05, 0.1) is 11.7 Å². The van der Waals surface area contributed by atoms with Crippen LogP contribution in [0, 0.1) is 5.41 Å². The van der Waals surface area contributed by atoms with E-state index in [2.05, 4.69) is 4.98 Å². The van der Waals surface area contributed by atoms with Crippen molar-refractivity contribution in [3.05, 3.63) is 18.2 Å². The number of carbonyl (C=O) groups is 3. The Bertz CT molecular complexity index is 601. The average molecular weight is 291 g/mol. The fraction of sp³-hybridized carbons (Fsp3) is 0.571. The van der Waals surface area contributed by atoms with Crippen LogP contribution >= 0.6 is 0 Å². The molecule has 1 aromatic rings. The van der Waals surface area contributed by atoms with Crippen LogP contribution in [0.25, 0.3) is 0 Å². The van der Waals surface area contributed by atoms with Gasteiger partial charge in [-0.05, 0) is 12.8 Å². The van der Waals surface area contributed by atoms with E-state index in [0.717, 1.165) is 25.7 Å². The molecule has 0 unspecified atom stereocenters. The summed E-state index contributed by atoms with van der Waals surface area (Å²) in [7, 11) is 0. The summed E-state index contributed by atoms with van der Waals surface area (Å²) in [5.74, 6) is -1.25. The molecule has 2 amide bonds. The lowest BCUT2D eigenvalue weighted by Crippen LogP contribution is -2.36. The maximum Gasteiger partial charge on any atom is 0.356 e. The quantitative estimate of drug-likeness (QED) is 0.832. The largest absolute Gasteiger partial charge is 0.476 e. The van der Waals surface area contributed by atoms with Crippen molar-refractivity contribution in [1.29, 1.82) is 0 Å². The molecule has 0 radical (unpaired) electrons. The average Bonchev–Trinajstić information content (AvgIpc) is 3.12. The molecule has 3 rings (SSSR count). The second-order valence-electron chi connectivity index (χ2n) is 5.82. The molecule has 1 saturated carbocycles. The number of nitrogens with zero attached hydrogens (tertiary/aromatic N) is 3. The van der Waals surface area contributed by atoms with Gasteiger partial charge in [-0.25, -0.2) is 9.78 Å². The van der Waals surface area contributed by atoms with Crippen LogP contribution in [0.4, 0.5) is 0 Å². The number of aromatic carboxylic acids is 1. The molecule has 1 N–H and O–H groups in total. The Kier molecular flexibility index (Phi) is 3.27. The first-order valence-corrected chi connectivity index (χ1v) is 7.12. The molecule has 1 spiro atoms. The van der Waals surface area contributed by atoms with Crippen molar-refractivity contribution in [3.63, 3.8) is 0 Å². The van der Waals surface area contributed by atoms with Gasteiger partial charge in [-0.1, -0.05) is 12.8 Å². The monoisotopic (exact) mass is 291 g/mol. The molecule has 2 fully saturated rings. The summed E-state index contributed by atoms with van der Waals surface area (Å²) in [5.41, 5.74) is -0.487. The number of amides is 2. The molecule has 1 saturated heterocycles.